The topological polar surface area (TPSA) is 90.1 Å². The van der Waals surface area contributed by atoms with Gasteiger partial charge in [-0.3, -0.25) is 19.6 Å². The number of nitro groups is 1. The number of nitrogens with one attached hydrogen (secondary N) is 1. The quantitative estimate of drug-likeness (QED) is 0.513. The van der Waals surface area contributed by atoms with E-state index in [9.17, 15) is 23.7 Å². The number of amides is 1. The number of carbonyl (C=O) groups excluding carboxylic acids is 1. The van der Waals surface area contributed by atoms with E-state index in [1.807, 2.05) is 0 Å². The van der Waals surface area contributed by atoms with Gasteiger partial charge >= 0.3 is 0 Å². The molecule has 0 aliphatic heterocycles. The van der Waals surface area contributed by atoms with Crippen molar-refractivity contribution in [2.75, 3.05) is 5.32 Å². The molecule has 11 heteroatoms. The summed E-state index contributed by atoms with van der Waals surface area (Å²) in [7, 11) is 0. The van der Waals surface area contributed by atoms with Crippen molar-refractivity contribution in [2.45, 2.75) is 31.7 Å². The number of nitro benzene ring substituents is 1. The first-order chi connectivity index (χ1) is 12.3. The minimum atomic E-state index is -2.77. The number of benzene rings is 1. The Hall–Kier alpha value is -2.07. The van der Waals surface area contributed by atoms with E-state index >= 15 is 0 Å². The number of anilines is 1. The summed E-state index contributed by atoms with van der Waals surface area (Å²) in [5.41, 5.74) is -0.0157. The van der Waals surface area contributed by atoms with Gasteiger partial charge in [0.05, 0.1) is 25.8 Å². The van der Waals surface area contributed by atoms with Crippen LogP contribution in [0.15, 0.2) is 22.7 Å². The largest absolute Gasteiger partial charge is 0.323 e. The molecule has 1 amide bonds. The second kappa shape index (κ2) is 7.28. The lowest BCUT2D eigenvalue weighted by atomic mass is 10.2. The molecule has 1 aromatic carbocycles. The summed E-state index contributed by atoms with van der Waals surface area (Å²) in [6.45, 7) is -0.309. The van der Waals surface area contributed by atoms with E-state index in [1.54, 1.807) is 0 Å². The third-order valence-electron chi connectivity index (χ3n) is 3.86. The van der Waals surface area contributed by atoms with E-state index in [1.165, 1.54) is 16.8 Å². The standard InChI is InChI=1S/C15H12BrClF2N4O3/c16-12-13(15(18)19)21-22(14(12)7-1-2-7)6-11(24)20-10-5-8(23(25)26)3-4-9(10)17/h3-5,7,15H,1-2,6H2,(H,20,24). The molecule has 1 aliphatic rings. The first-order valence-corrected chi connectivity index (χ1v) is 8.73. The molecule has 1 heterocycles. The highest BCUT2D eigenvalue weighted by atomic mass is 79.9. The van der Waals surface area contributed by atoms with E-state index in [4.69, 9.17) is 11.6 Å². The van der Waals surface area contributed by atoms with Crippen molar-refractivity contribution in [3.05, 3.63) is 49.2 Å². The van der Waals surface area contributed by atoms with Crippen LogP contribution < -0.4 is 5.32 Å². The molecular weight excluding hydrogens is 438 g/mol. The van der Waals surface area contributed by atoms with Gasteiger partial charge in [-0.2, -0.15) is 5.10 Å². The highest BCUT2D eigenvalue weighted by Gasteiger charge is 2.34. The van der Waals surface area contributed by atoms with Crippen LogP contribution in [-0.2, 0) is 11.3 Å². The molecule has 3 rings (SSSR count). The lowest BCUT2D eigenvalue weighted by Crippen LogP contribution is -2.21. The fraction of sp³-hybridized carbons (Fsp3) is 0.333. The summed E-state index contributed by atoms with van der Waals surface area (Å²) in [4.78, 5) is 22.5. The van der Waals surface area contributed by atoms with Gasteiger partial charge in [0.2, 0.25) is 5.91 Å². The minimum Gasteiger partial charge on any atom is -0.323 e. The van der Waals surface area contributed by atoms with Gasteiger partial charge in [0, 0.05) is 18.1 Å². The van der Waals surface area contributed by atoms with E-state index < -0.39 is 22.9 Å². The second-order valence-electron chi connectivity index (χ2n) is 5.79. The van der Waals surface area contributed by atoms with Crippen LogP contribution in [0.1, 0.15) is 36.6 Å². The lowest BCUT2D eigenvalue weighted by Gasteiger charge is -2.09. The highest BCUT2D eigenvalue weighted by molar-refractivity contribution is 9.10. The zero-order valence-electron chi connectivity index (χ0n) is 13.1. The van der Waals surface area contributed by atoms with Gasteiger partial charge in [0.1, 0.15) is 12.2 Å². The monoisotopic (exact) mass is 448 g/mol. The second-order valence-corrected chi connectivity index (χ2v) is 6.99. The Bertz CT molecular complexity index is 886. The number of hydrogen-bond donors (Lipinski definition) is 1. The zero-order valence-corrected chi connectivity index (χ0v) is 15.4. The molecule has 1 saturated carbocycles. The molecule has 138 valence electrons. The van der Waals surface area contributed by atoms with E-state index in [-0.39, 0.29) is 33.3 Å². The van der Waals surface area contributed by atoms with E-state index in [0.717, 1.165) is 18.9 Å². The third kappa shape index (κ3) is 3.85. The fourth-order valence-electron chi connectivity index (χ4n) is 2.53. The van der Waals surface area contributed by atoms with Crippen LogP contribution in [0.25, 0.3) is 0 Å². The first-order valence-electron chi connectivity index (χ1n) is 7.56. The molecule has 0 spiro atoms. The zero-order chi connectivity index (χ0) is 19.0. The molecule has 26 heavy (non-hydrogen) atoms. The Labute approximate surface area is 159 Å². The number of halogens is 4. The summed E-state index contributed by atoms with van der Waals surface area (Å²) in [5.74, 6) is -0.497. The Morgan fingerprint density at radius 3 is 2.77 bits per heavy atom. The summed E-state index contributed by atoms with van der Waals surface area (Å²) >= 11 is 9.09. The number of non-ortho nitro benzene ring substituents is 1. The van der Waals surface area contributed by atoms with Gasteiger partial charge in [0.25, 0.3) is 12.1 Å². The Balaban J connectivity index is 1.82. The lowest BCUT2D eigenvalue weighted by molar-refractivity contribution is -0.384. The van der Waals surface area contributed by atoms with Crippen molar-refractivity contribution < 1.29 is 18.5 Å². The van der Waals surface area contributed by atoms with Crippen LogP contribution in [0.2, 0.25) is 5.02 Å². The van der Waals surface area contributed by atoms with Gasteiger partial charge in [-0.1, -0.05) is 11.6 Å². The van der Waals surface area contributed by atoms with Gasteiger partial charge in [-0.25, -0.2) is 8.78 Å². The summed E-state index contributed by atoms with van der Waals surface area (Å²) < 4.78 is 27.6. The van der Waals surface area contributed by atoms with Crippen molar-refractivity contribution in [1.82, 2.24) is 9.78 Å². The molecule has 7 nitrogen and oxygen atoms in total. The van der Waals surface area contributed by atoms with Gasteiger partial charge in [-0.05, 0) is 34.8 Å². The molecule has 1 aliphatic carbocycles. The van der Waals surface area contributed by atoms with Crippen molar-refractivity contribution in [2.24, 2.45) is 0 Å². The number of rotatable bonds is 6. The highest BCUT2D eigenvalue weighted by Crippen LogP contribution is 2.45. The van der Waals surface area contributed by atoms with Crippen LogP contribution in [0, 0.1) is 10.1 Å². The van der Waals surface area contributed by atoms with Crippen LogP contribution in [0.4, 0.5) is 20.2 Å². The Morgan fingerprint density at radius 1 is 1.50 bits per heavy atom. The molecule has 1 aromatic heterocycles. The number of nitrogens with zero attached hydrogens (tertiary/aromatic N) is 3. The van der Waals surface area contributed by atoms with Crippen molar-refractivity contribution in [3.8, 4) is 0 Å². The maximum Gasteiger partial charge on any atom is 0.283 e. The predicted octanol–water partition coefficient (Wildman–Crippen LogP) is 4.66. The fourth-order valence-corrected chi connectivity index (χ4v) is 3.47. The molecule has 0 radical (unpaired) electrons. The van der Waals surface area contributed by atoms with Crippen LogP contribution in [0.3, 0.4) is 0 Å². The summed E-state index contributed by atoms with van der Waals surface area (Å²) in [6.07, 6.45) is -1.09. The smallest absolute Gasteiger partial charge is 0.283 e. The Kier molecular flexibility index (Phi) is 5.24. The molecule has 0 saturated heterocycles. The van der Waals surface area contributed by atoms with Gasteiger partial charge < -0.3 is 5.32 Å². The predicted molar refractivity (Wildman–Crippen MR) is 93.6 cm³/mol. The SMILES string of the molecule is O=C(Cn1nc(C(F)F)c(Br)c1C1CC1)Nc1cc([N+](=O)[O-])ccc1Cl. The van der Waals surface area contributed by atoms with Crippen molar-refractivity contribution >= 4 is 44.8 Å². The number of aromatic nitrogens is 2. The maximum atomic E-state index is 13.1. The van der Waals surface area contributed by atoms with Crippen LogP contribution in [0.5, 0.6) is 0 Å². The number of alkyl halides is 2. The maximum absolute atomic E-state index is 13.1. The minimum absolute atomic E-state index is 0.0687. The average molecular weight is 450 g/mol. The molecule has 0 unspecified atom stereocenters. The number of hydrogen-bond acceptors (Lipinski definition) is 4. The summed E-state index contributed by atoms with van der Waals surface area (Å²) in [5, 5.41) is 17.3. The molecule has 2 aromatic rings. The first kappa shape index (κ1) is 18.7. The molecule has 1 N–H and O–H groups in total. The van der Waals surface area contributed by atoms with Crippen molar-refractivity contribution in [3.63, 3.8) is 0 Å². The molecule has 1 fully saturated rings. The molecule has 0 atom stereocenters. The third-order valence-corrected chi connectivity index (χ3v) is 5.00. The van der Waals surface area contributed by atoms with E-state index in [2.05, 4.69) is 26.3 Å². The van der Waals surface area contributed by atoms with Crippen LogP contribution in [-0.4, -0.2) is 20.6 Å². The molecule has 0 bridgehead atoms. The van der Waals surface area contributed by atoms with Gasteiger partial charge in [-0.15, -0.1) is 0 Å². The van der Waals surface area contributed by atoms with Gasteiger partial charge in [0.15, 0.2) is 0 Å². The Morgan fingerprint density at radius 2 is 2.19 bits per heavy atom. The van der Waals surface area contributed by atoms with E-state index in [0.29, 0.717) is 5.69 Å². The van der Waals surface area contributed by atoms with Crippen molar-refractivity contribution in [1.29, 1.82) is 0 Å². The van der Waals surface area contributed by atoms with Crippen LogP contribution >= 0.6 is 27.5 Å². The molecular formula is C15H12BrClF2N4O3. The average Bonchev–Trinajstić information content (AvgIpc) is 3.33. The summed E-state index contributed by atoms with van der Waals surface area (Å²) in [6, 6.07) is 3.64. The number of carbonyl (C=O) groups is 1. The normalized spacial score (nSPS) is 13.9.